The predicted octanol–water partition coefficient (Wildman–Crippen LogP) is -0.686. The average Bonchev–Trinajstić information content (AvgIpc) is 2.48. The highest BCUT2D eigenvalue weighted by atomic mass is 16.3. The van der Waals surface area contributed by atoms with Crippen molar-refractivity contribution in [2.75, 3.05) is 13.2 Å². The summed E-state index contributed by atoms with van der Waals surface area (Å²) in [4.78, 5) is 14.3. The van der Waals surface area contributed by atoms with Gasteiger partial charge in [-0.05, 0) is 0 Å². The van der Waals surface area contributed by atoms with Crippen LogP contribution < -0.4 is 5.32 Å². The fourth-order valence-electron chi connectivity index (χ4n) is 1.03. The Labute approximate surface area is 76.4 Å². The highest BCUT2D eigenvalue weighted by molar-refractivity contribution is 5.69. The highest BCUT2D eigenvalue weighted by Gasteiger charge is 2.03. The van der Waals surface area contributed by atoms with Gasteiger partial charge in [-0.1, -0.05) is 0 Å². The van der Waals surface area contributed by atoms with Crippen LogP contribution in [0.25, 0.3) is 0 Å². The molecule has 0 aromatic carbocycles. The third-order valence-electron chi connectivity index (χ3n) is 1.82. The van der Waals surface area contributed by atoms with Crippen LogP contribution in [-0.4, -0.2) is 34.1 Å². The fraction of sp³-hybridized carbons (Fsp3) is 0.500. The summed E-state index contributed by atoms with van der Waals surface area (Å²) >= 11 is 0. The SMILES string of the molecule is Cn1c(CNCCO)cnc1C=O. The number of aliphatic hydroxyl groups is 1. The first kappa shape index (κ1) is 9.88. The molecule has 5 nitrogen and oxygen atoms in total. The molecule has 0 aliphatic carbocycles. The van der Waals surface area contributed by atoms with Crippen LogP contribution in [-0.2, 0) is 13.6 Å². The van der Waals surface area contributed by atoms with E-state index in [0.29, 0.717) is 18.9 Å². The molecule has 5 heteroatoms. The van der Waals surface area contributed by atoms with E-state index in [-0.39, 0.29) is 6.61 Å². The molecule has 0 aliphatic rings. The molecule has 1 aromatic heterocycles. The Balaban J connectivity index is 2.56. The zero-order valence-corrected chi connectivity index (χ0v) is 7.53. The zero-order chi connectivity index (χ0) is 9.68. The lowest BCUT2D eigenvalue weighted by Crippen LogP contribution is -2.19. The number of aldehydes is 1. The maximum Gasteiger partial charge on any atom is 0.185 e. The van der Waals surface area contributed by atoms with E-state index in [0.717, 1.165) is 12.0 Å². The van der Waals surface area contributed by atoms with E-state index in [2.05, 4.69) is 10.3 Å². The zero-order valence-electron chi connectivity index (χ0n) is 7.53. The van der Waals surface area contributed by atoms with Gasteiger partial charge in [0.2, 0.25) is 0 Å². The molecule has 2 N–H and O–H groups in total. The topological polar surface area (TPSA) is 67.2 Å². The second-order valence-electron chi connectivity index (χ2n) is 2.68. The number of aliphatic hydroxyl groups excluding tert-OH is 1. The molecule has 1 heterocycles. The van der Waals surface area contributed by atoms with Crippen molar-refractivity contribution in [1.82, 2.24) is 14.9 Å². The van der Waals surface area contributed by atoms with Gasteiger partial charge >= 0.3 is 0 Å². The van der Waals surface area contributed by atoms with E-state index in [9.17, 15) is 4.79 Å². The molecular weight excluding hydrogens is 170 g/mol. The van der Waals surface area contributed by atoms with Gasteiger partial charge in [-0.15, -0.1) is 0 Å². The van der Waals surface area contributed by atoms with E-state index < -0.39 is 0 Å². The van der Waals surface area contributed by atoms with Gasteiger partial charge in [0.05, 0.1) is 18.5 Å². The van der Waals surface area contributed by atoms with Crippen LogP contribution in [0.5, 0.6) is 0 Å². The number of rotatable bonds is 5. The summed E-state index contributed by atoms with van der Waals surface area (Å²) in [5, 5.41) is 11.5. The fourth-order valence-corrected chi connectivity index (χ4v) is 1.03. The van der Waals surface area contributed by atoms with E-state index in [1.165, 1.54) is 0 Å². The van der Waals surface area contributed by atoms with Gasteiger partial charge in [0.25, 0.3) is 0 Å². The molecule has 0 atom stereocenters. The van der Waals surface area contributed by atoms with Gasteiger partial charge in [-0.25, -0.2) is 4.98 Å². The van der Waals surface area contributed by atoms with Gasteiger partial charge in [-0.3, -0.25) is 4.79 Å². The number of nitrogens with one attached hydrogen (secondary N) is 1. The van der Waals surface area contributed by atoms with Crippen LogP contribution in [0, 0.1) is 0 Å². The van der Waals surface area contributed by atoms with Gasteiger partial charge in [0.1, 0.15) is 0 Å². The standard InChI is InChI=1S/C8H13N3O2/c1-11-7(4-9-2-3-12)5-10-8(11)6-13/h5-6,9,12H,2-4H2,1H3. The smallest absolute Gasteiger partial charge is 0.185 e. The molecule has 0 spiro atoms. The molecular formula is C8H13N3O2. The number of hydrogen-bond donors (Lipinski definition) is 2. The lowest BCUT2D eigenvalue weighted by molar-refractivity contribution is 0.111. The van der Waals surface area contributed by atoms with Crippen molar-refractivity contribution >= 4 is 6.29 Å². The third-order valence-corrected chi connectivity index (χ3v) is 1.82. The molecule has 0 unspecified atom stereocenters. The van der Waals surface area contributed by atoms with Gasteiger partial charge in [0, 0.05) is 20.1 Å². The third kappa shape index (κ3) is 2.37. The molecule has 1 aromatic rings. The number of nitrogens with zero attached hydrogens (tertiary/aromatic N) is 2. The van der Waals surface area contributed by atoms with Gasteiger partial charge in [0.15, 0.2) is 12.1 Å². The number of imidazole rings is 1. The van der Waals surface area contributed by atoms with Gasteiger partial charge < -0.3 is 15.0 Å². The summed E-state index contributed by atoms with van der Waals surface area (Å²) in [6.45, 7) is 1.26. The summed E-state index contributed by atoms with van der Waals surface area (Å²) in [7, 11) is 1.78. The molecule has 0 fully saturated rings. The van der Waals surface area contributed by atoms with Crippen LogP contribution >= 0.6 is 0 Å². The molecule has 0 saturated carbocycles. The number of carbonyl (C=O) groups excluding carboxylic acids is 1. The maximum atomic E-state index is 10.4. The highest BCUT2D eigenvalue weighted by Crippen LogP contribution is 1.99. The molecule has 72 valence electrons. The first-order chi connectivity index (χ1) is 6.29. The van der Waals surface area contributed by atoms with Crippen molar-refractivity contribution in [3.63, 3.8) is 0 Å². The minimum absolute atomic E-state index is 0.110. The lowest BCUT2D eigenvalue weighted by atomic mass is 10.4. The average molecular weight is 183 g/mol. The van der Waals surface area contributed by atoms with E-state index in [1.807, 2.05) is 0 Å². The van der Waals surface area contributed by atoms with Crippen LogP contribution in [0.2, 0.25) is 0 Å². The lowest BCUT2D eigenvalue weighted by Gasteiger charge is -2.03. The summed E-state index contributed by atoms with van der Waals surface area (Å²) in [5.41, 5.74) is 0.926. The van der Waals surface area contributed by atoms with Crippen LogP contribution in [0.3, 0.4) is 0 Å². The summed E-state index contributed by atoms with van der Waals surface area (Å²) in [6.07, 6.45) is 2.36. The van der Waals surface area contributed by atoms with E-state index in [1.54, 1.807) is 17.8 Å². The van der Waals surface area contributed by atoms with Crippen molar-refractivity contribution in [3.8, 4) is 0 Å². The van der Waals surface area contributed by atoms with Crippen LogP contribution in [0.4, 0.5) is 0 Å². The summed E-state index contributed by atoms with van der Waals surface area (Å²) in [5.74, 6) is 0.417. The molecule has 1 rings (SSSR count). The normalized spacial score (nSPS) is 10.3. The molecule has 0 aliphatic heterocycles. The van der Waals surface area contributed by atoms with E-state index >= 15 is 0 Å². The molecule has 0 bridgehead atoms. The quantitative estimate of drug-likeness (QED) is 0.468. The van der Waals surface area contributed by atoms with Crippen molar-refractivity contribution in [1.29, 1.82) is 0 Å². The van der Waals surface area contributed by atoms with Crippen molar-refractivity contribution in [2.24, 2.45) is 7.05 Å². The predicted molar refractivity (Wildman–Crippen MR) is 47.4 cm³/mol. The molecule has 13 heavy (non-hydrogen) atoms. The van der Waals surface area contributed by atoms with Crippen LogP contribution in [0.15, 0.2) is 6.20 Å². The largest absolute Gasteiger partial charge is 0.395 e. The Kier molecular flexibility index (Phi) is 3.60. The van der Waals surface area contributed by atoms with Crippen molar-refractivity contribution < 1.29 is 9.90 Å². The minimum atomic E-state index is 0.110. The Bertz CT molecular complexity index is 283. The Morgan fingerprint density at radius 1 is 1.77 bits per heavy atom. The number of carbonyl (C=O) groups is 1. The molecule has 0 saturated heterocycles. The second-order valence-corrected chi connectivity index (χ2v) is 2.68. The first-order valence-electron chi connectivity index (χ1n) is 4.07. The van der Waals surface area contributed by atoms with Crippen molar-refractivity contribution in [3.05, 3.63) is 17.7 Å². The number of hydrogen-bond acceptors (Lipinski definition) is 4. The monoisotopic (exact) mass is 183 g/mol. The maximum absolute atomic E-state index is 10.4. The Morgan fingerprint density at radius 2 is 2.54 bits per heavy atom. The Morgan fingerprint density at radius 3 is 3.08 bits per heavy atom. The second kappa shape index (κ2) is 4.74. The minimum Gasteiger partial charge on any atom is -0.395 e. The summed E-state index contributed by atoms with van der Waals surface area (Å²) < 4.78 is 1.72. The number of aromatic nitrogens is 2. The molecule has 0 radical (unpaired) electrons. The van der Waals surface area contributed by atoms with Crippen LogP contribution in [0.1, 0.15) is 16.3 Å². The van der Waals surface area contributed by atoms with E-state index in [4.69, 9.17) is 5.11 Å². The van der Waals surface area contributed by atoms with Crippen molar-refractivity contribution in [2.45, 2.75) is 6.54 Å². The molecule has 0 amide bonds. The van der Waals surface area contributed by atoms with Gasteiger partial charge in [-0.2, -0.15) is 0 Å². The summed E-state index contributed by atoms with van der Waals surface area (Å²) in [6, 6.07) is 0. The first-order valence-corrected chi connectivity index (χ1v) is 4.07. The Hall–Kier alpha value is -1.20.